The number of amides is 1. The number of nitrogens with zero attached hydrogens (tertiary/aromatic N) is 2. The fourth-order valence-electron chi connectivity index (χ4n) is 3.14. The van der Waals surface area contributed by atoms with Gasteiger partial charge >= 0.3 is 6.09 Å². The van der Waals surface area contributed by atoms with E-state index in [1.807, 2.05) is 0 Å². The zero-order chi connectivity index (χ0) is 22.9. The number of halogens is 3. The highest BCUT2D eigenvalue weighted by atomic mass is 19.1. The number of fused-ring (bicyclic) bond motifs is 1. The molecule has 1 N–H and O–H groups in total. The summed E-state index contributed by atoms with van der Waals surface area (Å²) < 4.78 is 48.5. The van der Waals surface area contributed by atoms with Crippen LogP contribution < -0.4 is 10.9 Å². The molecule has 3 aromatic rings. The Kier molecular flexibility index (Phi) is 6.06. The van der Waals surface area contributed by atoms with Gasteiger partial charge in [0.2, 0.25) is 0 Å². The minimum Gasteiger partial charge on any atom is -0.444 e. The van der Waals surface area contributed by atoms with Crippen LogP contribution in [0.2, 0.25) is 0 Å². The van der Waals surface area contributed by atoms with Crippen molar-refractivity contribution in [2.45, 2.75) is 45.8 Å². The highest BCUT2D eigenvalue weighted by Crippen LogP contribution is 2.23. The van der Waals surface area contributed by atoms with Crippen LogP contribution in [0.5, 0.6) is 0 Å². The Labute approximate surface area is 176 Å². The van der Waals surface area contributed by atoms with E-state index >= 15 is 0 Å². The number of ether oxygens (including phenoxy) is 1. The number of benzene rings is 2. The minimum atomic E-state index is -0.905. The Morgan fingerprint density at radius 1 is 1.16 bits per heavy atom. The van der Waals surface area contributed by atoms with Crippen LogP contribution >= 0.6 is 0 Å². The van der Waals surface area contributed by atoms with E-state index in [-0.39, 0.29) is 28.8 Å². The van der Waals surface area contributed by atoms with Crippen LogP contribution in [0, 0.1) is 17.5 Å². The largest absolute Gasteiger partial charge is 0.444 e. The van der Waals surface area contributed by atoms with Gasteiger partial charge in [-0.25, -0.2) is 22.9 Å². The number of carbonyl (C=O) groups is 1. The maximum atomic E-state index is 14.4. The molecule has 0 radical (unpaired) electrons. The van der Waals surface area contributed by atoms with Crippen molar-refractivity contribution in [2.24, 2.45) is 0 Å². The van der Waals surface area contributed by atoms with Crippen molar-refractivity contribution in [2.75, 3.05) is 0 Å². The number of carbonyl (C=O) groups excluding carboxylic acids is 1. The van der Waals surface area contributed by atoms with Crippen molar-refractivity contribution in [3.63, 3.8) is 0 Å². The first-order valence-corrected chi connectivity index (χ1v) is 9.67. The Morgan fingerprint density at radius 3 is 2.39 bits per heavy atom. The van der Waals surface area contributed by atoms with E-state index < -0.39 is 40.7 Å². The molecular formula is C22H22F3N3O3. The summed E-state index contributed by atoms with van der Waals surface area (Å²) in [5, 5.41) is 2.53. The molecule has 0 aliphatic heterocycles. The summed E-state index contributed by atoms with van der Waals surface area (Å²) in [6, 6.07) is 5.53. The van der Waals surface area contributed by atoms with Crippen LogP contribution in [0.4, 0.5) is 18.0 Å². The van der Waals surface area contributed by atoms with Gasteiger partial charge in [0, 0.05) is 6.07 Å². The standard InChI is InChI=1S/C22H22F3N3O3/c1-5-17(26-21(30)31-22(2,3)4)19-27-18-15(7-6-8-16(18)25)20(29)28(19)14-10-12(23)9-13(24)11-14/h6-11,17H,5H2,1-4H3,(H,26,30). The lowest BCUT2D eigenvalue weighted by Gasteiger charge is -2.24. The maximum Gasteiger partial charge on any atom is 0.408 e. The number of rotatable bonds is 4. The molecule has 31 heavy (non-hydrogen) atoms. The van der Waals surface area contributed by atoms with Gasteiger partial charge in [0.05, 0.1) is 17.1 Å². The molecule has 0 aliphatic rings. The van der Waals surface area contributed by atoms with Gasteiger partial charge in [0.1, 0.15) is 34.4 Å². The van der Waals surface area contributed by atoms with Gasteiger partial charge in [-0.3, -0.25) is 9.36 Å². The molecule has 0 saturated carbocycles. The predicted octanol–water partition coefficient (Wildman–Crippen LogP) is 4.78. The Morgan fingerprint density at radius 2 is 1.81 bits per heavy atom. The summed E-state index contributed by atoms with van der Waals surface area (Å²) in [5.41, 5.74) is -1.86. The zero-order valence-electron chi connectivity index (χ0n) is 17.5. The van der Waals surface area contributed by atoms with Crippen LogP contribution in [0.1, 0.15) is 46.0 Å². The second kappa shape index (κ2) is 8.41. The first kappa shape index (κ1) is 22.3. The fraction of sp³-hybridized carbons (Fsp3) is 0.318. The van der Waals surface area contributed by atoms with Crippen LogP contribution in [-0.2, 0) is 4.74 Å². The average molecular weight is 433 g/mol. The quantitative estimate of drug-likeness (QED) is 0.643. The van der Waals surface area contributed by atoms with Crippen LogP contribution in [0.15, 0.2) is 41.2 Å². The molecule has 0 fully saturated rings. The number of nitrogens with one attached hydrogen (secondary N) is 1. The van der Waals surface area contributed by atoms with Gasteiger partial charge in [-0.2, -0.15) is 0 Å². The fourth-order valence-corrected chi connectivity index (χ4v) is 3.14. The summed E-state index contributed by atoms with van der Waals surface area (Å²) >= 11 is 0. The molecule has 0 spiro atoms. The summed E-state index contributed by atoms with van der Waals surface area (Å²) in [4.78, 5) is 29.8. The molecule has 6 nitrogen and oxygen atoms in total. The third-order valence-electron chi connectivity index (χ3n) is 4.39. The minimum absolute atomic E-state index is 0.0689. The third-order valence-corrected chi connectivity index (χ3v) is 4.39. The van der Waals surface area contributed by atoms with Crippen LogP contribution in [0.25, 0.3) is 16.6 Å². The number of aromatic nitrogens is 2. The molecule has 0 bridgehead atoms. The van der Waals surface area contributed by atoms with Gasteiger partial charge < -0.3 is 10.1 Å². The Hall–Kier alpha value is -3.36. The number of hydrogen-bond donors (Lipinski definition) is 1. The van der Waals surface area contributed by atoms with Crippen molar-refractivity contribution in [1.29, 1.82) is 0 Å². The van der Waals surface area contributed by atoms with E-state index in [1.54, 1.807) is 27.7 Å². The number of alkyl carbamates (subject to hydrolysis) is 1. The molecule has 1 heterocycles. The lowest BCUT2D eigenvalue weighted by molar-refractivity contribution is 0.0499. The normalized spacial score (nSPS) is 12.6. The highest BCUT2D eigenvalue weighted by molar-refractivity contribution is 5.78. The lowest BCUT2D eigenvalue weighted by atomic mass is 10.1. The molecule has 0 aliphatic carbocycles. The number of hydrogen-bond acceptors (Lipinski definition) is 4. The topological polar surface area (TPSA) is 73.2 Å². The molecule has 9 heteroatoms. The van der Waals surface area contributed by atoms with Crippen molar-refractivity contribution in [1.82, 2.24) is 14.9 Å². The summed E-state index contributed by atoms with van der Waals surface area (Å²) in [5.74, 6) is -2.62. The van der Waals surface area contributed by atoms with Crippen LogP contribution in [0.3, 0.4) is 0 Å². The van der Waals surface area contributed by atoms with E-state index in [2.05, 4.69) is 10.3 Å². The van der Waals surface area contributed by atoms with Crippen molar-refractivity contribution in [3.8, 4) is 5.69 Å². The van der Waals surface area contributed by atoms with Gasteiger partial charge in [0.25, 0.3) is 5.56 Å². The van der Waals surface area contributed by atoms with Crippen molar-refractivity contribution >= 4 is 17.0 Å². The Balaban J connectivity index is 2.26. The summed E-state index contributed by atoms with van der Waals surface area (Å²) in [6.07, 6.45) is -0.539. The zero-order valence-corrected chi connectivity index (χ0v) is 17.5. The molecule has 0 saturated heterocycles. The summed E-state index contributed by atoms with van der Waals surface area (Å²) in [6.45, 7) is 6.75. The molecule has 2 aromatic carbocycles. The highest BCUT2D eigenvalue weighted by Gasteiger charge is 2.25. The molecule has 164 valence electrons. The first-order chi connectivity index (χ1) is 14.5. The molecule has 1 amide bonds. The van der Waals surface area contributed by atoms with Gasteiger partial charge in [-0.1, -0.05) is 13.0 Å². The third kappa shape index (κ3) is 4.87. The first-order valence-electron chi connectivity index (χ1n) is 9.67. The second-order valence-corrected chi connectivity index (χ2v) is 7.98. The van der Waals surface area contributed by atoms with E-state index in [4.69, 9.17) is 4.74 Å². The van der Waals surface area contributed by atoms with E-state index in [9.17, 15) is 22.8 Å². The second-order valence-electron chi connectivity index (χ2n) is 7.98. The SMILES string of the molecule is CCC(NC(=O)OC(C)(C)C)c1nc2c(F)cccc2c(=O)n1-c1cc(F)cc(F)c1. The van der Waals surface area contributed by atoms with E-state index in [0.717, 1.165) is 22.8 Å². The van der Waals surface area contributed by atoms with Crippen molar-refractivity contribution < 1.29 is 22.7 Å². The Bertz CT molecular complexity index is 1180. The summed E-state index contributed by atoms with van der Waals surface area (Å²) in [7, 11) is 0. The molecule has 1 atom stereocenters. The van der Waals surface area contributed by atoms with Crippen LogP contribution in [-0.4, -0.2) is 21.2 Å². The lowest BCUT2D eigenvalue weighted by Crippen LogP contribution is -2.37. The van der Waals surface area contributed by atoms with E-state index in [0.29, 0.717) is 6.07 Å². The average Bonchev–Trinajstić information content (AvgIpc) is 2.64. The maximum absolute atomic E-state index is 14.4. The number of para-hydroxylation sites is 1. The molecule has 3 rings (SSSR count). The smallest absolute Gasteiger partial charge is 0.408 e. The van der Waals surface area contributed by atoms with Crippen molar-refractivity contribution in [3.05, 3.63) is 70.0 Å². The predicted molar refractivity (Wildman–Crippen MR) is 110 cm³/mol. The van der Waals surface area contributed by atoms with E-state index in [1.165, 1.54) is 12.1 Å². The van der Waals surface area contributed by atoms with Gasteiger partial charge in [0.15, 0.2) is 0 Å². The van der Waals surface area contributed by atoms with Gasteiger partial charge in [-0.05, 0) is 51.5 Å². The van der Waals surface area contributed by atoms with Gasteiger partial charge in [-0.15, -0.1) is 0 Å². The molecular weight excluding hydrogens is 411 g/mol. The molecule has 1 aromatic heterocycles. The monoisotopic (exact) mass is 433 g/mol. The molecule has 1 unspecified atom stereocenters.